The van der Waals surface area contributed by atoms with Crippen molar-refractivity contribution >= 4 is 22.7 Å². The predicted molar refractivity (Wildman–Crippen MR) is 83.1 cm³/mol. The van der Waals surface area contributed by atoms with Crippen molar-refractivity contribution in [1.29, 1.82) is 0 Å². The standard InChI is InChI=1S/C15H17N3O3/c1-16-13-8-5-9-14(15(13)18(19)20)17-12-7-4-3-6-11(12)10-21-2/h3-9,16-17H,10H2,1-2H3. The molecular weight excluding hydrogens is 270 g/mol. The van der Waals surface area contributed by atoms with Gasteiger partial charge in [0, 0.05) is 25.4 Å². The van der Waals surface area contributed by atoms with E-state index in [-0.39, 0.29) is 5.69 Å². The van der Waals surface area contributed by atoms with Crippen LogP contribution in [0.2, 0.25) is 0 Å². The zero-order valence-corrected chi connectivity index (χ0v) is 11.9. The molecule has 6 heteroatoms. The Kier molecular flexibility index (Phi) is 4.73. The number of nitrogens with zero attached hydrogens (tertiary/aromatic N) is 1. The lowest BCUT2D eigenvalue weighted by Gasteiger charge is -2.13. The summed E-state index contributed by atoms with van der Waals surface area (Å²) < 4.78 is 5.14. The Balaban J connectivity index is 2.42. The number of benzene rings is 2. The number of hydrogen-bond acceptors (Lipinski definition) is 5. The lowest BCUT2D eigenvalue weighted by atomic mass is 10.1. The fourth-order valence-corrected chi connectivity index (χ4v) is 2.11. The molecule has 0 spiro atoms. The van der Waals surface area contributed by atoms with E-state index in [0.29, 0.717) is 18.0 Å². The smallest absolute Gasteiger partial charge is 0.315 e. The molecule has 0 atom stereocenters. The molecule has 0 saturated carbocycles. The van der Waals surface area contributed by atoms with Crippen molar-refractivity contribution in [3.05, 3.63) is 58.1 Å². The summed E-state index contributed by atoms with van der Waals surface area (Å²) >= 11 is 0. The van der Waals surface area contributed by atoms with Gasteiger partial charge in [0.15, 0.2) is 0 Å². The summed E-state index contributed by atoms with van der Waals surface area (Å²) in [5.41, 5.74) is 2.65. The van der Waals surface area contributed by atoms with E-state index in [4.69, 9.17) is 4.74 Å². The zero-order chi connectivity index (χ0) is 15.2. The lowest BCUT2D eigenvalue weighted by Crippen LogP contribution is -2.03. The van der Waals surface area contributed by atoms with Crippen LogP contribution in [0.5, 0.6) is 0 Å². The number of rotatable bonds is 6. The van der Waals surface area contributed by atoms with E-state index in [1.54, 1.807) is 32.4 Å². The summed E-state index contributed by atoms with van der Waals surface area (Å²) in [6, 6.07) is 12.7. The summed E-state index contributed by atoms with van der Waals surface area (Å²) in [5.74, 6) is 0. The molecule has 0 aromatic heterocycles. The molecular formula is C15H17N3O3. The average Bonchev–Trinajstić information content (AvgIpc) is 2.49. The number of nitro groups is 1. The van der Waals surface area contributed by atoms with Crippen LogP contribution in [0.1, 0.15) is 5.56 Å². The van der Waals surface area contributed by atoms with Gasteiger partial charge in [0.05, 0.1) is 11.5 Å². The SMILES string of the molecule is CNc1cccc(Nc2ccccc2COC)c1[N+](=O)[O-]. The summed E-state index contributed by atoms with van der Waals surface area (Å²) in [6.45, 7) is 0.433. The quantitative estimate of drug-likeness (QED) is 0.628. The Bertz CT molecular complexity index is 644. The second-order valence-corrected chi connectivity index (χ2v) is 4.42. The van der Waals surface area contributed by atoms with Gasteiger partial charge in [0.25, 0.3) is 0 Å². The molecule has 2 aromatic rings. The molecule has 0 aliphatic rings. The van der Waals surface area contributed by atoms with E-state index in [1.165, 1.54) is 0 Å². The normalized spacial score (nSPS) is 10.2. The van der Waals surface area contributed by atoms with Crippen LogP contribution in [-0.2, 0) is 11.3 Å². The molecule has 21 heavy (non-hydrogen) atoms. The van der Waals surface area contributed by atoms with Gasteiger partial charge in [-0.3, -0.25) is 10.1 Å². The molecule has 0 unspecified atom stereocenters. The minimum absolute atomic E-state index is 0.0206. The summed E-state index contributed by atoms with van der Waals surface area (Å²) in [5, 5.41) is 17.3. The fraction of sp³-hybridized carbons (Fsp3) is 0.200. The van der Waals surface area contributed by atoms with Gasteiger partial charge in [-0.1, -0.05) is 24.3 Å². The molecule has 0 radical (unpaired) electrons. The highest BCUT2D eigenvalue weighted by molar-refractivity contribution is 5.80. The number of nitro benzene ring substituents is 1. The average molecular weight is 287 g/mol. The second kappa shape index (κ2) is 6.71. The van der Waals surface area contributed by atoms with Crippen LogP contribution in [0, 0.1) is 10.1 Å². The highest BCUT2D eigenvalue weighted by atomic mass is 16.6. The van der Waals surface area contributed by atoms with Crippen LogP contribution in [-0.4, -0.2) is 19.1 Å². The Hall–Kier alpha value is -2.60. The van der Waals surface area contributed by atoms with Crippen LogP contribution in [0.15, 0.2) is 42.5 Å². The van der Waals surface area contributed by atoms with Crippen molar-refractivity contribution in [2.45, 2.75) is 6.61 Å². The van der Waals surface area contributed by atoms with Gasteiger partial charge >= 0.3 is 5.69 Å². The topological polar surface area (TPSA) is 76.4 Å². The molecule has 2 N–H and O–H groups in total. The van der Waals surface area contributed by atoms with E-state index in [9.17, 15) is 10.1 Å². The zero-order valence-electron chi connectivity index (χ0n) is 11.9. The summed E-state index contributed by atoms with van der Waals surface area (Å²) in [6.07, 6.45) is 0. The number of anilines is 3. The Morgan fingerprint density at radius 3 is 2.43 bits per heavy atom. The second-order valence-electron chi connectivity index (χ2n) is 4.42. The molecule has 0 saturated heterocycles. The molecule has 0 bridgehead atoms. The lowest BCUT2D eigenvalue weighted by molar-refractivity contribution is -0.383. The largest absolute Gasteiger partial charge is 0.382 e. The molecule has 0 fully saturated rings. The first kappa shape index (κ1) is 14.8. The van der Waals surface area contributed by atoms with Crippen LogP contribution in [0.3, 0.4) is 0 Å². The van der Waals surface area contributed by atoms with Crippen molar-refractivity contribution in [3.63, 3.8) is 0 Å². The van der Waals surface area contributed by atoms with Crippen LogP contribution in [0.25, 0.3) is 0 Å². The maximum atomic E-state index is 11.3. The first-order valence-corrected chi connectivity index (χ1v) is 6.46. The number of hydrogen-bond donors (Lipinski definition) is 2. The molecule has 2 aromatic carbocycles. The van der Waals surface area contributed by atoms with Crippen LogP contribution >= 0.6 is 0 Å². The fourth-order valence-electron chi connectivity index (χ4n) is 2.11. The third kappa shape index (κ3) is 3.29. The highest BCUT2D eigenvalue weighted by Gasteiger charge is 2.19. The Morgan fingerprint density at radius 1 is 1.10 bits per heavy atom. The molecule has 0 aliphatic heterocycles. The maximum absolute atomic E-state index is 11.3. The van der Waals surface area contributed by atoms with Crippen molar-refractivity contribution < 1.29 is 9.66 Å². The third-order valence-corrected chi connectivity index (χ3v) is 3.07. The first-order valence-electron chi connectivity index (χ1n) is 6.46. The maximum Gasteiger partial charge on any atom is 0.315 e. The number of methoxy groups -OCH3 is 1. The molecule has 6 nitrogen and oxygen atoms in total. The van der Waals surface area contributed by atoms with Crippen LogP contribution < -0.4 is 10.6 Å². The van der Waals surface area contributed by atoms with Gasteiger partial charge in [-0.05, 0) is 18.2 Å². The summed E-state index contributed by atoms with van der Waals surface area (Å²) in [4.78, 5) is 10.9. The molecule has 0 heterocycles. The minimum atomic E-state index is -0.396. The van der Waals surface area contributed by atoms with E-state index in [1.807, 2.05) is 24.3 Å². The van der Waals surface area contributed by atoms with Crippen molar-refractivity contribution in [2.75, 3.05) is 24.8 Å². The first-order chi connectivity index (χ1) is 10.2. The Labute approximate surface area is 122 Å². The number of para-hydroxylation sites is 2. The van der Waals surface area contributed by atoms with Gasteiger partial charge in [0.2, 0.25) is 0 Å². The number of ether oxygens (including phenoxy) is 1. The molecule has 2 rings (SSSR count). The van der Waals surface area contributed by atoms with Crippen molar-refractivity contribution in [2.24, 2.45) is 0 Å². The van der Waals surface area contributed by atoms with E-state index in [0.717, 1.165) is 11.3 Å². The van der Waals surface area contributed by atoms with Gasteiger partial charge in [0.1, 0.15) is 11.4 Å². The summed E-state index contributed by atoms with van der Waals surface area (Å²) in [7, 11) is 3.27. The van der Waals surface area contributed by atoms with E-state index >= 15 is 0 Å². The monoisotopic (exact) mass is 287 g/mol. The minimum Gasteiger partial charge on any atom is -0.382 e. The van der Waals surface area contributed by atoms with Crippen molar-refractivity contribution in [1.82, 2.24) is 0 Å². The highest BCUT2D eigenvalue weighted by Crippen LogP contribution is 2.35. The molecule has 110 valence electrons. The number of nitrogens with one attached hydrogen (secondary N) is 2. The van der Waals surface area contributed by atoms with Gasteiger partial charge in [-0.15, -0.1) is 0 Å². The Morgan fingerprint density at radius 2 is 1.76 bits per heavy atom. The molecule has 0 amide bonds. The van der Waals surface area contributed by atoms with Crippen molar-refractivity contribution in [3.8, 4) is 0 Å². The van der Waals surface area contributed by atoms with Crippen LogP contribution in [0.4, 0.5) is 22.7 Å². The van der Waals surface area contributed by atoms with Gasteiger partial charge in [-0.25, -0.2) is 0 Å². The van der Waals surface area contributed by atoms with Gasteiger partial charge in [-0.2, -0.15) is 0 Å². The van der Waals surface area contributed by atoms with E-state index < -0.39 is 4.92 Å². The third-order valence-electron chi connectivity index (χ3n) is 3.07. The predicted octanol–water partition coefficient (Wildman–Crippen LogP) is 3.53. The molecule has 0 aliphatic carbocycles. The van der Waals surface area contributed by atoms with E-state index in [2.05, 4.69) is 10.6 Å². The van der Waals surface area contributed by atoms with Gasteiger partial charge < -0.3 is 15.4 Å².